The molecule has 2 aliphatic carbocycles. The Morgan fingerprint density at radius 1 is 1.06 bits per heavy atom. The molecule has 16 heavy (non-hydrogen) atoms. The standard InChI is InChI=1S/C14H18ClN/c15-11-8-10-4-3-5-12(10)13(9-11)14(16)6-1-2-7-14/h8-9H,1-7,16H2. The predicted octanol–water partition coefficient (Wildman–Crippen LogP) is 3.56. The summed E-state index contributed by atoms with van der Waals surface area (Å²) in [4.78, 5) is 0. The van der Waals surface area contributed by atoms with Gasteiger partial charge in [-0.2, -0.15) is 0 Å². The first kappa shape index (κ1) is 10.6. The van der Waals surface area contributed by atoms with Gasteiger partial charge in [-0.3, -0.25) is 0 Å². The van der Waals surface area contributed by atoms with Gasteiger partial charge in [0, 0.05) is 10.6 Å². The van der Waals surface area contributed by atoms with E-state index in [0.717, 1.165) is 17.9 Å². The Bertz CT molecular complexity index is 419. The Labute approximate surface area is 102 Å². The van der Waals surface area contributed by atoms with Gasteiger partial charge in [0.2, 0.25) is 0 Å². The van der Waals surface area contributed by atoms with Crippen molar-refractivity contribution in [3.63, 3.8) is 0 Å². The molecule has 3 rings (SSSR count). The first-order valence-electron chi connectivity index (χ1n) is 6.30. The number of fused-ring (bicyclic) bond motifs is 1. The van der Waals surface area contributed by atoms with Gasteiger partial charge < -0.3 is 5.73 Å². The second kappa shape index (κ2) is 3.75. The third-order valence-corrected chi connectivity index (χ3v) is 4.43. The second-order valence-electron chi connectivity index (χ2n) is 5.31. The van der Waals surface area contributed by atoms with E-state index in [1.54, 1.807) is 0 Å². The largest absolute Gasteiger partial charge is 0.321 e. The summed E-state index contributed by atoms with van der Waals surface area (Å²) >= 11 is 6.21. The van der Waals surface area contributed by atoms with E-state index in [2.05, 4.69) is 12.1 Å². The van der Waals surface area contributed by atoms with Crippen molar-refractivity contribution in [1.29, 1.82) is 0 Å². The molecule has 0 aromatic heterocycles. The van der Waals surface area contributed by atoms with Gasteiger partial charge in [0.15, 0.2) is 0 Å². The van der Waals surface area contributed by atoms with Crippen molar-refractivity contribution >= 4 is 11.6 Å². The number of hydrogen-bond acceptors (Lipinski definition) is 1. The average Bonchev–Trinajstić information content (AvgIpc) is 2.85. The summed E-state index contributed by atoms with van der Waals surface area (Å²) in [7, 11) is 0. The molecule has 86 valence electrons. The predicted molar refractivity (Wildman–Crippen MR) is 67.8 cm³/mol. The van der Waals surface area contributed by atoms with Crippen LogP contribution in [0.15, 0.2) is 12.1 Å². The van der Waals surface area contributed by atoms with Crippen LogP contribution >= 0.6 is 11.6 Å². The molecule has 0 atom stereocenters. The number of nitrogens with two attached hydrogens (primary N) is 1. The first-order valence-corrected chi connectivity index (χ1v) is 6.67. The lowest BCUT2D eigenvalue weighted by atomic mass is 9.84. The van der Waals surface area contributed by atoms with Gasteiger partial charge in [-0.25, -0.2) is 0 Å². The molecule has 0 heterocycles. The SMILES string of the molecule is NC1(c2cc(Cl)cc3c2CCC3)CCCC1. The summed E-state index contributed by atoms with van der Waals surface area (Å²) in [5.41, 5.74) is 10.8. The van der Waals surface area contributed by atoms with Gasteiger partial charge in [-0.1, -0.05) is 24.4 Å². The number of rotatable bonds is 1. The lowest BCUT2D eigenvalue weighted by Gasteiger charge is -2.27. The second-order valence-corrected chi connectivity index (χ2v) is 5.74. The van der Waals surface area contributed by atoms with E-state index >= 15 is 0 Å². The summed E-state index contributed by atoms with van der Waals surface area (Å²) < 4.78 is 0. The van der Waals surface area contributed by atoms with E-state index in [1.807, 2.05) is 0 Å². The van der Waals surface area contributed by atoms with Crippen molar-refractivity contribution in [2.24, 2.45) is 5.73 Å². The number of halogens is 1. The number of aryl methyl sites for hydroxylation is 1. The van der Waals surface area contributed by atoms with Crippen LogP contribution in [-0.2, 0) is 18.4 Å². The topological polar surface area (TPSA) is 26.0 Å². The lowest BCUT2D eigenvalue weighted by Crippen LogP contribution is -2.34. The smallest absolute Gasteiger partial charge is 0.0413 e. The lowest BCUT2D eigenvalue weighted by molar-refractivity contribution is 0.458. The van der Waals surface area contributed by atoms with Gasteiger partial charge in [-0.05, 0) is 60.9 Å². The van der Waals surface area contributed by atoms with Crippen molar-refractivity contribution < 1.29 is 0 Å². The molecular weight excluding hydrogens is 218 g/mol. The summed E-state index contributed by atoms with van der Waals surface area (Å²) in [6.45, 7) is 0. The highest BCUT2D eigenvalue weighted by Crippen LogP contribution is 2.42. The summed E-state index contributed by atoms with van der Waals surface area (Å²) in [5, 5.41) is 0.868. The Morgan fingerprint density at radius 3 is 2.56 bits per heavy atom. The van der Waals surface area contributed by atoms with Crippen LogP contribution in [0.2, 0.25) is 5.02 Å². The van der Waals surface area contributed by atoms with Crippen LogP contribution in [0.1, 0.15) is 48.8 Å². The molecule has 1 aromatic carbocycles. The van der Waals surface area contributed by atoms with Gasteiger partial charge in [0.05, 0.1) is 0 Å². The molecule has 1 saturated carbocycles. The zero-order chi connectivity index (χ0) is 11.2. The van der Waals surface area contributed by atoms with Gasteiger partial charge >= 0.3 is 0 Å². The average molecular weight is 236 g/mol. The molecule has 2 aliphatic rings. The Morgan fingerprint density at radius 2 is 1.81 bits per heavy atom. The Kier molecular flexibility index (Phi) is 2.49. The number of hydrogen-bond donors (Lipinski definition) is 1. The molecular formula is C14H18ClN. The summed E-state index contributed by atoms with van der Waals surface area (Å²) in [6.07, 6.45) is 8.41. The third-order valence-electron chi connectivity index (χ3n) is 4.21. The molecule has 1 fully saturated rings. The van der Waals surface area contributed by atoms with E-state index in [1.165, 1.54) is 48.8 Å². The Balaban J connectivity index is 2.13. The van der Waals surface area contributed by atoms with E-state index in [4.69, 9.17) is 17.3 Å². The molecule has 0 radical (unpaired) electrons. The van der Waals surface area contributed by atoms with Gasteiger partial charge in [0.1, 0.15) is 0 Å². The third kappa shape index (κ3) is 1.57. The molecule has 1 nitrogen and oxygen atoms in total. The molecule has 0 saturated heterocycles. The fourth-order valence-corrected chi connectivity index (χ4v) is 3.63. The number of benzene rings is 1. The Hall–Kier alpha value is -0.530. The zero-order valence-corrected chi connectivity index (χ0v) is 10.3. The van der Waals surface area contributed by atoms with E-state index in [0.29, 0.717) is 0 Å². The fourth-order valence-electron chi connectivity index (χ4n) is 3.39. The van der Waals surface area contributed by atoms with Gasteiger partial charge in [-0.15, -0.1) is 0 Å². The van der Waals surface area contributed by atoms with Crippen LogP contribution in [0.25, 0.3) is 0 Å². The highest BCUT2D eigenvalue weighted by molar-refractivity contribution is 6.30. The van der Waals surface area contributed by atoms with Crippen molar-refractivity contribution in [2.75, 3.05) is 0 Å². The van der Waals surface area contributed by atoms with Crippen LogP contribution in [-0.4, -0.2) is 0 Å². The molecule has 1 aromatic rings. The van der Waals surface area contributed by atoms with E-state index in [9.17, 15) is 0 Å². The molecule has 0 spiro atoms. The highest BCUT2D eigenvalue weighted by Gasteiger charge is 2.34. The van der Waals surface area contributed by atoms with Crippen molar-refractivity contribution in [3.05, 3.63) is 33.8 Å². The van der Waals surface area contributed by atoms with Crippen molar-refractivity contribution in [3.8, 4) is 0 Å². The minimum absolute atomic E-state index is 0.0840. The highest BCUT2D eigenvalue weighted by atomic mass is 35.5. The molecule has 0 unspecified atom stereocenters. The maximum absolute atomic E-state index is 6.56. The molecule has 2 N–H and O–H groups in total. The monoisotopic (exact) mass is 235 g/mol. The minimum atomic E-state index is -0.0840. The van der Waals surface area contributed by atoms with E-state index in [-0.39, 0.29) is 5.54 Å². The normalized spacial score (nSPS) is 22.4. The van der Waals surface area contributed by atoms with Crippen molar-refractivity contribution in [2.45, 2.75) is 50.5 Å². The quantitative estimate of drug-likeness (QED) is 0.792. The fraction of sp³-hybridized carbons (Fsp3) is 0.571. The van der Waals surface area contributed by atoms with Gasteiger partial charge in [0.25, 0.3) is 0 Å². The maximum atomic E-state index is 6.56. The van der Waals surface area contributed by atoms with Crippen molar-refractivity contribution in [1.82, 2.24) is 0 Å². The minimum Gasteiger partial charge on any atom is -0.321 e. The zero-order valence-electron chi connectivity index (χ0n) is 9.56. The van der Waals surface area contributed by atoms with E-state index < -0.39 is 0 Å². The first-order chi connectivity index (χ1) is 7.69. The van der Waals surface area contributed by atoms with Crippen LogP contribution in [0, 0.1) is 0 Å². The summed E-state index contributed by atoms with van der Waals surface area (Å²) in [5.74, 6) is 0. The maximum Gasteiger partial charge on any atom is 0.0413 e. The molecule has 2 heteroatoms. The molecule has 0 bridgehead atoms. The van der Waals surface area contributed by atoms with Crippen LogP contribution in [0.5, 0.6) is 0 Å². The van der Waals surface area contributed by atoms with Crippen LogP contribution in [0.4, 0.5) is 0 Å². The molecule has 0 amide bonds. The molecule has 0 aliphatic heterocycles. The van der Waals surface area contributed by atoms with Crippen LogP contribution in [0.3, 0.4) is 0 Å². The van der Waals surface area contributed by atoms with Crippen LogP contribution < -0.4 is 5.73 Å². The summed E-state index contributed by atoms with van der Waals surface area (Å²) in [6, 6.07) is 4.25.